The largest absolute Gasteiger partial charge is 0.461 e. The van der Waals surface area contributed by atoms with Crippen LogP contribution in [-0.4, -0.2) is 30.7 Å². The maximum atomic E-state index is 12.6. The van der Waals surface area contributed by atoms with E-state index in [1.54, 1.807) is 29.9 Å². The van der Waals surface area contributed by atoms with Gasteiger partial charge in [0, 0.05) is 10.6 Å². The van der Waals surface area contributed by atoms with E-state index in [0.29, 0.717) is 23.9 Å². The summed E-state index contributed by atoms with van der Waals surface area (Å²) < 4.78 is 13.1. The molecule has 0 aliphatic rings. The Morgan fingerprint density at radius 3 is 2.38 bits per heavy atom. The van der Waals surface area contributed by atoms with Crippen molar-refractivity contribution < 1.29 is 14.0 Å². The molecule has 5 nitrogen and oxygen atoms in total. The lowest BCUT2D eigenvalue weighted by molar-refractivity contribution is 0.0512. The van der Waals surface area contributed by atoms with Crippen molar-refractivity contribution in [1.29, 1.82) is 0 Å². The molecule has 0 atom stereocenters. The molecule has 7 heteroatoms. The zero-order valence-electron chi connectivity index (χ0n) is 16.3. The van der Waals surface area contributed by atoms with Gasteiger partial charge in [0.05, 0.1) is 25.1 Å². The van der Waals surface area contributed by atoms with Gasteiger partial charge >= 0.3 is 5.97 Å². The number of rotatable bonds is 6. The van der Waals surface area contributed by atoms with Crippen LogP contribution in [0.4, 0.5) is 0 Å². The Labute approximate surface area is 161 Å². The van der Waals surface area contributed by atoms with Crippen molar-refractivity contribution in [2.24, 2.45) is 0 Å². The average molecular weight is 395 g/mol. The molecule has 0 radical (unpaired) electrons. The van der Waals surface area contributed by atoms with E-state index in [1.165, 1.54) is 0 Å². The highest BCUT2D eigenvalue weighted by Gasteiger charge is 2.37. The summed E-state index contributed by atoms with van der Waals surface area (Å²) >= 11 is 5.96. The van der Waals surface area contributed by atoms with Crippen LogP contribution in [0.5, 0.6) is 0 Å². The molecule has 0 spiro atoms. The molecule has 26 heavy (non-hydrogen) atoms. The lowest BCUT2D eigenvalue weighted by atomic mass is 10.2. The number of hydrogen-bond donors (Lipinski definition) is 0. The molecule has 0 unspecified atom stereocenters. The number of aromatic nitrogens is 2. The predicted octanol–water partition coefficient (Wildman–Crippen LogP) is 5.22. The lowest BCUT2D eigenvalue weighted by Gasteiger charge is -2.36. The first-order chi connectivity index (χ1) is 12.1. The molecule has 1 aromatic carbocycles. The first kappa shape index (κ1) is 20.7. The summed E-state index contributed by atoms with van der Waals surface area (Å²) in [7, 11) is -1.95. The Bertz CT molecular complexity index is 764. The minimum atomic E-state index is -1.95. The molecule has 0 fully saturated rings. The first-order valence-electron chi connectivity index (χ1n) is 8.70. The van der Waals surface area contributed by atoms with E-state index >= 15 is 0 Å². The standard InChI is InChI=1S/C19H27ClN2O3Si/c1-7-24-18(23)17-14(13-25-26(5,6)19(2,3)4)12-21-22(17)16-10-8-15(20)9-11-16/h8-12H,7,13H2,1-6H3. The SMILES string of the molecule is CCOC(=O)c1c(CO[Si](C)(C)C(C)(C)C)cnn1-c1ccc(Cl)cc1. The first-order valence-corrected chi connectivity index (χ1v) is 12.0. The summed E-state index contributed by atoms with van der Waals surface area (Å²) in [4.78, 5) is 12.6. The van der Waals surface area contributed by atoms with Gasteiger partial charge in [-0.3, -0.25) is 0 Å². The number of ether oxygens (including phenoxy) is 1. The van der Waals surface area contributed by atoms with Gasteiger partial charge in [0.2, 0.25) is 0 Å². The molecule has 0 amide bonds. The number of esters is 1. The number of benzene rings is 1. The number of carbonyl (C=O) groups is 1. The Balaban J connectivity index is 2.38. The van der Waals surface area contributed by atoms with Crippen LogP contribution in [0.25, 0.3) is 5.69 Å². The third kappa shape index (κ3) is 4.55. The van der Waals surface area contributed by atoms with Crippen molar-refractivity contribution in [2.75, 3.05) is 6.61 Å². The summed E-state index contributed by atoms with van der Waals surface area (Å²) in [6.07, 6.45) is 1.67. The van der Waals surface area contributed by atoms with E-state index in [9.17, 15) is 4.79 Å². The smallest absolute Gasteiger partial charge is 0.357 e. The van der Waals surface area contributed by atoms with E-state index in [-0.39, 0.29) is 5.04 Å². The molecule has 0 saturated carbocycles. The van der Waals surface area contributed by atoms with E-state index in [4.69, 9.17) is 20.8 Å². The van der Waals surface area contributed by atoms with Gasteiger partial charge in [-0.15, -0.1) is 0 Å². The van der Waals surface area contributed by atoms with Gasteiger partial charge in [0.15, 0.2) is 14.0 Å². The van der Waals surface area contributed by atoms with Crippen LogP contribution in [0.2, 0.25) is 23.2 Å². The zero-order valence-corrected chi connectivity index (χ0v) is 18.1. The molecule has 142 valence electrons. The van der Waals surface area contributed by atoms with Crippen LogP contribution in [0.1, 0.15) is 43.7 Å². The van der Waals surface area contributed by atoms with Crippen molar-refractivity contribution in [3.05, 3.63) is 46.7 Å². The average Bonchev–Trinajstić information content (AvgIpc) is 2.97. The fourth-order valence-corrected chi connectivity index (χ4v) is 3.23. The topological polar surface area (TPSA) is 53.4 Å². The summed E-state index contributed by atoms with van der Waals surface area (Å²) in [5.41, 5.74) is 1.87. The number of nitrogens with zero attached hydrogens (tertiary/aromatic N) is 2. The molecule has 0 saturated heterocycles. The van der Waals surface area contributed by atoms with Crippen molar-refractivity contribution in [1.82, 2.24) is 9.78 Å². The normalized spacial score (nSPS) is 12.3. The molecule has 0 N–H and O–H groups in total. The van der Waals surface area contributed by atoms with Gasteiger partial charge in [-0.05, 0) is 49.3 Å². The Kier molecular flexibility index (Phi) is 6.32. The Hall–Kier alpha value is -1.63. The maximum absolute atomic E-state index is 12.6. The fourth-order valence-electron chi connectivity index (χ4n) is 2.16. The molecule has 2 rings (SSSR count). The molecule has 0 bridgehead atoms. The highest BCUT2D eigenvalue weighted by Crippen LogP contribution is 2.37. The van der Waals surface area contributed by atoms with E-state index < -0.39 is 14.3 Å². The molecule has 0 aliphatic heterocycles. The quantitative estimate of drug-likeness (QED) is 0.497. The van der Waals surface area contributed by atoms with Gasteiger partial charge in [0.1, 0.15) is 0 Å². The van der Waals surface area contributed by atoms with Crippen LogP contribution in [0.3, 0.4) is 0 Å². The summed E-state index contributed by atoms with van der Waals surface area (Å²) in [5.74, 6) is -0.409. The van der Waals surface area contributed by atoms with Crippen LogP contribution in [-0.2, 0) is 15.8 Å². The van der Waals surface area contributed by atoms with Crippen molar-refractivity contribution >= 4 is 25.9 Å². The molecular weight excluding hydrogens is 368 g/mol. The third-order valence-electron chi connectivity index (χ3n) is 4.78. The second-order valence-electron chi connectivity index (χ2n) is 7.68. The lowest BCUT2D eigenvalue weighted by Crippen LogP contribution is -2.40. The van der Waals surface area contributed by atoms with Gasteiger partial charge in [-0.1, -0.05) is 32.4 Å². The number of carbonyl (C=O) groups excluding carboxylic acids is 1. The van der Waals surface area contributed by atoms with Gasteiger partial charge in [0.25, 0.3) is 0 Å². The van der Waals surface area contributed by atoms with Crippen molar-refractivity contribution in [2.45, 2.75) is 52.4 Å². The Morgan fingerprint density at radius 2 is 1.85 bits per heavy atom. The van der Waals surface area contributed by atoms with Crippen LogP contribution >= 0.6 is 11.6 Å². The Morgan fingerprint density at radius 1 is 1.23 bits per heavy atom. The van der Waals surface area contributed by atoms with E-state index in [2.05, 4.69) is 39.0 Å². The summed E-state index contributed by atoms with van der Waals surface area (Å²) in [6.45, 7) is 13.3. The monoisotopic (exact) mass is 394 g/mol. The second kappa shape index (κ2) is 7.94. The van der Waals surface area contributed by atoms with Crippen LogP contribution in [0, 0.1) is 0 Å². The van der Waals surface area contributed by atoms with Crippen LogP contribution in [0.15, 0.2) is 30.5 Å². The van der Waals surface area contributed by atoms with Crippen molar-refractivity contribution in [3.63, 3.8) is 0 Å². The van der Waals surface area contributed by atoms with Crippen LogP contribution < -0.4 is 0 Å². The molecule has 1 heterocycles. The molecular formula is C19H27ClN2O3Si. The minimum Gasteiger partial charge on any atom is -0.461 e. The highest BCUT2D eigenvalue weighted by molar-refractivity contribution is 6.74. The number of hydrogen-bond acceptors (Lipinski definition) is 4. The molecule has 2 aromatic rings. The van der Waals surface area contributed by atoms with E-state index in [1.807, 2.05) is 12.1 Å². The highest BCUT2D eigenvalue weighted by atomic mass is 35.5. The summed E-state index contributed by atoms with van der Waals surface area (Å²) in [6, 6.07) is 7.16. The second-order valence-corrected chi connectivity index (χ2v) is 12.9. The van der Waals surface area contributed by atoms with Gasteiger partial charge in [-0.25, -0.2) is 9.48 Å². The van der Waals surface area contributed by atoms with E-state index in [0.717, 1.165) is 11.3 Å². The summed E-state index contributed by atoms with van der Waals surface area (Å²) in [5, 5.41) is 5.10. The zero-order chi connectivity index (χ0) is 19.5. The molecule has 0 aliphatic carbocycles. The number of halogens is 1. The van der Waals surface area contributed by atoms with Crippen molar-refractivity contribution in [3.8, 4) is 5.69 Å². The predicted molar refractivity (Wildman–Crippen MR) is 107 cm³/mol. The fraction of sp³-hybridized carbons (Fsp3) is 0.474. The maximum Gasteiger partial charge on any atom is 0.357 e. The third-order valence-corrected chi connectivity index (χ3v) is 9.51. The molecule has 1 aromatic heterocycles. The minimum absolute atomic E-state index is 0.0866. The van der Waals surface area contributed by atoms with Gasteiger partial charge in [-0.2, -0.15) is 5.10 Å². The van der Waals surface area contributed by atoms with Gasteiger partial charge < -0.3 is 9.16 Å².